The van der Waals surface area contributed by atoms with Crippen LogP contribution in [0, 0.1) is 5.92 Å². The molecule has 0 radical (unpaired) electrons. The van der Waals surface area contributed by atoms with E-state index in [1.54, 1.807) is 0 Å². The lowest BCUT2D eigenvalue weighted by Crippen LogP contribution is -2.43. The summed E-state index contributed by atoms with van der Waals surface area (Å²) in [6, 6.07) is 1.11. The third-order valence-corrected chi connectivity index (χ3v) is 8.96. The summed E-state index contributed by atoms with van der Waals surface area (Å²) in [5.41, 5.74) is 0. The van der Waals surface area contributed by atoms with Gasteiger partial charge in [0.1, 0.15) is 18.1 Å². The lowest BCUT2D eigenvalue weighted by atomic mass is 9.83. The minimum Gasteiger partial charge on any atom is -0.455 e. The second kappa shape index (κ2) is 12.1. The first-order valence-corrected chi connectivity index (χ1v) is 19.5. The standard InChI is InChI=1S/C21H40O6Si3/c1-9-19(22)24-17-12-11-16(15-18(17)25-20(23)10-2)13-14-28-21(26-29(3,4)5)27-30(6,7)8/h9-10,16-18,21H,1-2,11-15,28H2,3-8H3. The zero-order valence-corrected chi connectivity index (χ0v) is 23.0. The van der Waals surface area contributed by atoms with Gasteiger partial charge in [-0.1, -0.05) is 25.6 Å². The Bertz CT molecular complexity index is 581. The number of rotatable bonds is 12. The summed E-state index contributed by atoms with van der Waals surface area (Å²) in [6.07, 6.45) is 4.80. The second-order valence-electron chi connectivity index (χ2n) is 9.86. The fraction of sp³-hybridized carbons (Fsp3) is 0.714. The Morgan fingerprint density at radius 2 is 1.43 bits per heavy atom. The molecular formula is C21H40O6Si3. The smallest absolute Gasteiger partial charge is 0.330 e. The quantitative estimate of drug-likeness (QED) is 0.185. The van der Waals surface area contributed by atoms with Gasteiger partial charge in [0.05, 0.1) is 9.52 Å². The van der Waals surface area contributed by atoms with Crippen molar-refractivity contribution in [3.63, 3.8) is 0 Å². The molecular weight excluding hydrogens is 432 g/mol. The summed E-state index contributed by atoms with van der Waals surface area (Å²) in [6.45, 7) is 20.1. The van der Waals surface area contributed by atoms with E-state index in [1.165, 1.54) is 0 Å². The molecule has 0 heterocycles. The zero-order chi connectivity index (χ0) is 22.9. The van der Waals surface area contributed by atoms with Crippen molar-refractivity contribution in [2.45, 2.75) is 89.1 Å². The molecule has 0 N–H and O–H groups in total. The molecule has 1 saturated carbocycles. The van der Waals surface area contributed by atoms with Crippen LogP contribution >= 0.6 is 0 Å². The number of carbonyl (C=O) groups excluding carboxylic acids is 2. The molecule has 6 nitrogen and oxygen atoms in total. The summed E-state index contributed by atoms with van der Waals surface area (Å²) < 4.78 is 23.6. The molecule has 0 saturated heterocycles. The van der Waals surface area contributed by atoms with Crippen LogP contribution in [0.15, 0.2) is 25.3 Å². The number of hydrogen-bond acceptors (Lipinski definition) is 6. The minimum atomic E-state index is -1.66. The summed E-state index contributed by atoms with van der Waals surface area (Å²) >= 11 is 0. The highest BCUT2D eigenvalue weighted by molar-refractivity contribution is 6.71. The first kappa shape index (κ1) is 27.0. The van der Waals surface area contributed by atoms with Gasteiger partial charge < -0.3 is 18.3 Å². The number of esters is 2. The molecule has 0 aliphatic heterocycles. The van der Waals surface area contributed by atoms with Crippen molar-refractivity contribution in [3.05, 3.63) is 25.3 Å². The van der Waals surface area contributed by atoms with Crippen LogP contribution in [0.4, 0.5) is 0 Å². The molecule has 0 spiro atoms. The van der Waals surface area contributed by atoms with Crippen LogP contribution < -0.4 is 0 Å². The van der Waals surface area contributed by atoms with Gasteiger partial charge >= 0.3 is 11.9 Å². The van der Waals surface area contributed by atoms with Gasteiger partial charge in [-0.25, -0.2) is 9.59 Å². The third kappa shape index (κ3) is 11.4. The van der Waals surface area contributed by atoms with E-state index in [-0.39, 0.29) is 5.91 Å². The molecule has 172 valence electrons. The predicted molar refractivity (Wildman–Crippen MR) is 128 cm³/mol. The average molecular weight is 473 g/mol. The SMILES string of the molecule is C=CC(=O)OC1CCC(CC[SiH2]C(O[Si](C)(C)C)O[Si](C)(C)C)CC1OC(=O)C=C. The Morgan fingerprint density at radius 1 is 0.933 bits per heavy atom. The van der Waals surface area contributed by atoms with E-state index >= 15 is 0 Å². The van der Waals surface area contributed by atoms with Gasteiger partial charge in [0.2, 0.25) is 0 Å². The maximum absolute atomic E-state index is 11.7. The lowest BCUT2D eigenvalue weighted by Gasteiger charge is -2.35. The van der Waals surface area contributed by atoms with Crippen molar-refractivity contribution in [3.8, 4) is 0 Å². The van der Waals surface area contributed by atoms with Crippen LogP contribution in [0.1, 0.15) is 25.7 Å². The van der Waals surface area contributed by atoms with Crippen molar-refractivity contribution in [2.75, 3.05) is 0 Å². The highest BCUT2D eigenvalue weighted by Crippen LogP contribution is 2.32. The Morgan fingerprint density at radius 3 is 1.90 bits per heavy atom. The monoisotopic (exact) mass is 472 g/mol. The van der Waals surface area contributed by atoms with Gasteiger partial charge in [0.25, 0.3) is 0 Å². The maximum Gasteiger partial charge on any atom is 0.330 e. The fourth-order valence-electron chi connectivity index (χ4n) is 3.60. The van der Waals surface area contributed by atoms with Gasteiger partial charge in [-0.2, -0.15) is 0 Å². The summed E-state index contributed by atoms with van der Waals surface area (Å²) in [5, 5.41) is 0. The van der Waals surface area contributed by atoms with Crippen LogP contribution in [0.5, 0.6) is 0 Å². The molecule has 1 rings (SSSR count). The van der Waals surface area contributed by atoms with Gasteiger partial charge in [-0.3, -0.25) is 0 Å². The van der Waals surface area contributed by atoms with Gasteiger partial charge in [0.15, 0.2) is 16.6 Å². The molecule has 30 heavy (non-hydrogen) atoms. The molecule has 0 aromatic heterocycles. The summed E-state index contributed by atoms with van der Waals surface area (Å²) in [5.74, 6) is -0.553. The van der Waals surface area contributed by atoms with E-state index in [0.717, 1.165) is 31.0 Å². The maximum atomic E-state index is 11.7. The highest BCUT2D eigenvalue weighted by Gasteiger charge is 2.35. The summed E-state index contributed by atoms with van der Waals surface area (Å²) in [7, 11) is -3.88. The van der Waals surface area contributed by atoms with E-state index in [0.29, 0.717) is 18.8 Å². The Labute approximate surface area is 186 Å². The summed E-state index contributed by atoms with van der Waals surface area (Å²) in [4.78, 5) is 23.4. The van der Waals surface area contributed by atoms with Crippen LogP contribution in [0.3, 0.4) is 0 Å². The molecule has 3 atom stereocenters. The zero-order valence-electron chi connectivity index (χ0n) is 19.6. The first-order valence-electron chi connectivity index (χ1n) is 10.8. The topological polar surface area (TPSA) is 71.1 Å². The van der Waals surface area contributed by atoms with Crippen molar-refractivity contribution >= 4 is 38.1 Å². The fourth-order valence-corrected chi connectivity index (χ4v) is 10.5. The Kier molecular flexibility index (Phi) is 10.9. The van der Waals surface area contributed by atoms with E-state index in [2.05, 4.69) is 52.4 Å². The number of carbonyl (C=O) groups is 2. The van der Waals surface area contributed by atoms with Crippen LogP contribution in [0.25, 0.3) is 0 Å². The van der Waals surface area contributed by atoms with Crippen molar-refractivity contribution in [1.82, 2.24) is 0 Å². The molecule has 0 amide bonds. The molecule has 0 bridgehead atoms. The van der Waals surface area contributed by atoms with Crippen LogP contribution in [0.2, 0.25) is 45.3 Å². The lowest BCUT2D eigenvalue weighted by molar-refractivity contribution is -0.167. The van der Waals surface area contributed by atoms with E-state index in [1.807, 2.05) is 0 Å². The van der Waals surface area contributed by atoms with Gasteiger partial charge in [0, 0.05) is 12.2 Å². The number of ether oxygens (including phenoxy) is 2. The van der Waals surface area contributed by atoms with Gasteiger partial charge in [-0.15, -0.1) is 0 Å². The van der Waals surface area contributed by atoms with Crippen molar-refractivity contribution in [1.29, 1.82) is 0 Å². The van der Waals surface area contributed by atoms with Crippen molar-refractivity contribution in [2.24, 2.45) is 5.92 Å². The molecule has 1 aliphatic carbocycles. The highest BCUT2D eigenvalue weighted by atomic mass is 28.4. The largest absolute Gasteiger partial charge is 0.455 e. The van der Waals surface area contributed by atoms with Crippen molar-refractivity contribution < 1.29 is 27.9 Å². The predicted octanol–water partition coefficient (Wildman–Crippen LogP) is 3.95. The molecule has 1 fully saturated rings. The van der Waals surface area contributed by atoms with E-state index in [4.69, 9.17) is 18.3 Å². The van der Waals surface area contributed by atoms with Gasteiger partial charge in [-0.05, 0) is 64.5 Å². The first-order chi connectivity index (χ1) is 13.8. The minimum absolute atomic E-state index is 0.0115. The molecule has 9 heteroatoms. The van der Waals surface area contributed by atoms with E-state index < -0.39 is 50.3 Å². The Balaban J connectivity index is 2.64. The van der Waals surface area contributed by atoms with Crippen LogP contribution in [-0.4, -0.2) is 56.2 Å². The Hall–Kier alpha value is -1.01. The average Bonchev–Trinajstić information content (AvgIpc) is 2.60. The van der Waals surface area contributed by atoms with Crippen LogP contribution in [-0.2, 0) is 27.9 Å². The molecule has 0 aromatic rings. The molecule has 1 aliphatic rings. The third-order valence-electron chi connectivity index (χ3n) is 4.73. The number of hydrogen-bond donors (Lipinski definition) is 0. The molecule has 3 unspecified atom stereocenters. The van der Waals surface area contributed by atoms with E-state index in [9.17, 15) is 9.59 Å². The second-order valence-corrected chi connectivity index (χ2v) is 20.7. The normalized spacial score (nSPS) is 22.8. The molecule has 0 aromatic carbocycles.